The van der Waals surface area contributed by atoms with E-state index in [1.54, 1.807) is 0 Å². The number of aliphatic hydroxyl groups is 1. The van der Waals surface area contributed by atoms with E-state index in [9.17, 15) is 14.6 Å². The van der Waals surface area contributed by atoms with Gasteiger partial charge in [-0.15, -0.1) is 0 Å². The van der Waals surface area contributed by atoms with Crippen LogP contribution in [-0.2, 0) is 18.3 Å². The molecule has 0 heterocycles. The van der Waals surface area contributed by atoms with Crippen LogP contribution in [0.25, 0.3) is 0 Å². The number of hydrogen-bond acceptors (Lipinski definition) is 5. The molecule has 0 aliphatic rings. The lowest BCUT2D eigenvalue weighted by Gasteiger charge is -2.24. The molecule has 0 saturated carbocycles. The van der Waals surface area contributed by atoms with Gasteiger partial charge >= 0.3 is 7.82 Å². The first kappa shape index (κ1) is 33.7. The molecule has 0 aliphatic heterocycles. The van der Waals surface area contributed by atoms with Crippen LogP contribution in [0.4, 0.5) is 0 Å². The molecule has 7 nitrogen and oxygen atoms in total. The van der Waals surface area contributed by atoms with Crippen LogP contribution in [0.1, 0.15) is 96.8 Å². The fourth-order valence-corrected chi connectivity index (χ4v) is 4.11. The normalized spacial score (nSPS) is 15.1. The fraction of sp³-hybridized carbons (Fsp3) is 0.923. The topological polar surface area (TPSA) is 85.2 Å². The molecule has 0 aliphatic carbocycles. The van der Waals surface area contributed by atoms with Crippen LogP contribution in [-0.4, -0.2) is 74.7 Å². The predicted molar refractivity (Wildman–Crippen MR) is 141 cm³/mol. The molecule has 0 amide bonds. The Hall–Kier alpha value is -0.270. The summed E-state index contributed by atoms with van der Waals surface area (Å²) in [4.78, 5) is 9.64. The van der Waals surface area contributed by atoms with Gasteiger partial charge in [-0.1, -0.05) is 76.9 Å². The molecule has 2 N–H and O–H groups in total. The zero-order valence-electron chi connectivity index (χ0n) is 22.6. The number of unbranched alkanes of at least 4 members (excludes halogenated alkanes) is 12. The van der Waals surface area contributed by atoms with E-state index in [0.717, 1.165) is 12.8 Å². The molecule has 0 saturated heterocycles. The Labute approximate surface area is 210 Å². The summed E-state index contributed by atoms with van der Waals surface area (Å²) < 4.78 is 27.6. The van der Waals surface area contributed by atoms with Gasteiger partial charge in [0.25, 0.3) is 0 Å². The van der Waals surface area contributed by atoms with Gasteiger partial charge < -0.3 is 19.2 Å². The third-order valence-corrected chi connectivity index (χ3v) is 6.54. The minimum atomic E-state index is -4.14. The summed E-state index contributed by atoms with van der Waals surface area (Å²) >= 11 is 0. The van der Waals surface area contributed by atoms with Gasteiger partial charge in [0.2, 0.25) is 0 Å². The molecule has 8 heteroatoms. The van der Waals surface area contributed by atoms with E-state index in [2.05, 4.69) is 19.1 Å². The highest BCUT2D eigenvalue weighted by Gasteiger charge is 2.24. The van der Waals surface area contributed by atoms with Crippen molar-refractivity contribution >= 4 is 7.82 Å². The third-order valence-electron chi connectivity index (χ3n) is 5.56. The fourth-order valence-electron chi connectivity index (χ4n) is 3.37. The second-order valence-corrected chi connectivity index (χ2v) is 11.7. The average Bonchev–Trinajstić information content (AvgIpc) is 2.76. The zero-order chi connectivity index (χ0) is 25.5. The van der Waals surface area contributed by atoms with Gasteiger partial charge in [0.1, 0.15) is 19.3 Å². The number of ether oxygens (including phenoxy) is 1. The van der Waals surface area contributed by atoms with Gasteiger partial charge in [0.15, 0.2) is 0 Å². The van der Waals surface area contributed by atoms with Gasteiger partial charge in [-0.2, -0.15) is 0 Å². The number of nitrogens with zero attached hydrogens (tertiary/aromatic N) is 1. The molecule has 1 unspecified atom stereocenters. The monoisotopic (exact) mass is 508 g/mol. The van der Waals surface area contributed by atoms with Crippen molar-refractivity contribution in [3.8, 4) is 0 Å². The standard InChI is InChI=1S/C26H54NO6P/c1-5-6-7-8-9-10-11-12-13-14-15-16-17-18-19-20-22-31-24-26(28)25-33-34(29,30)32-23-21-27(2,3)4/h12-13,26,28H,5-11,14-25H2,1-4H3/p+1/b13-12-/t26-/m0/s1. The van der Waals surface area contributed by atoms with Crippen LogP contribution in [0, 0.1) is 0 Å². The van der Waals surface area contributed by atoms with Crippen LogP contribution >= 0.6 is 7.82 Å². The van der Waals surface area contributed by atoms with Crippen molar-refractivity contribution in [2.24, 2.45) is 0 Å². The number of allylic oxidation sites excluding steroid dienone is 2. The van der Waals surface area contributed by atoms with Crippen molar-refractivity contribution in [1.29, 1.82) is 0 Å². The van der Waals surface area contributed by atoms with Crippen molar-refractivity contribution in [2.75, 3.05) is 54.1 Å². The zero-order valence-corrected chi connectivity index (χ0v) is 23.5. The molecular formula is C26H55NO6P+. The van der Waals surface area contributed by atoms with Gasteiger partial charge in [0.05, 0.1) is 34.4 Å². The SMILES string of the molecule is CCCCCCCC/C=C\CCCCCCCCOC[C@H](O)COP(=O)(O)OCC[N+](C)(C)C. The summed E-state index contributed by atoms with van der Waals surface area (Å²) in [7, 11) is 1.75. The smallest absolute Gasteiger partial charge is 0.388 e. The van der Waals surface area contributed by atoms with E-state index in [-0.39, 0.29) is 19.8 Å². The predicted octanol–water partition coefficient (Wildman–Crippen LogP) is 6.24. The van der Waals surface area contributed by atoms with Crippen LogP contribution in [0.5, 0.6) is 0 Å². The summed E-state index contributed by atoms with van der Waals surface area (Å²) in [6, 6.07) is 0. The minimum absolute atomic E-state index is 0.0873. The highest BCUT2D eigenvalue weighted by Crippen LogP contribution is 2.43. The molecule has 0 fully saturated rings. The highest BCUT2D eigenvalue weighted by molar-refractivity contribution is 7.47. The number of hydrogen-bond donors (Lipinski definition) is 2. The molecular weight excluding hydrogens is 453 g/mol. The maximum absolute atomic E-state index is 11.8. The second-order valence-electron chi connectivity index (χ2n) is 10.3. The van der Waals surface area contributed by atoms with Gasteiger partial charge in [-0.25, -0.2) is 4.57 Å². The van der Waals surface area contributed by atoms with Crippen molar-refractivity contribution in [3.63, 3.8) is 0 Å². The Kier molecular flexibility index (Phi) is 21.8. The minimum Gasteiger partial charge on any atom is -0.388 e. The van der Waals surface area contributed by atoms with Crippen molar-refractivity contribution in [1.82, 2.24) is 0 Å². The number of likely N-dealkylation sites (N-methyl/N-ethyl adjacent to an activating group) is 1. The van der Waals surface area contributed by atoms with Crippen LogP contribution < -0.4 is 0 Å². The van der Waals surface area contributed by atoms with Crippen LogP contribution in [0.2, 0.25) is 0 Å². The van der Waals surface area contributed by atoms with Crippen LogP contribution in [0.3, 0.4) is 0 Å². The van der Waals surface area contributed by atoms with Crippen LogP contribution in [0.15, 0.2) is 12.2 Å². The molecule has 0 bridgehead atoms. The summed E-state index contributed by atoms with van der Waals surface area (Å²) in [6.07, 6.45) is 21.4. The van der Waals surface area contributed by atoms with Crippen molar-refractivity contribution in [3.05, 3.63) is 12.2 Å². The van der Waals surface area contributed by atoms with E-state index < -0.39 is 13.9 Å². The van der Waals surface area contributed by atoms with Crippen molar-refractivity contribution < 1.29 is 32.8 Å². The summed E-state index contributed by atoms with van der Waals surface area (Å²) in [5, 5.41) is 9.86. The Balaban J connectivity index is 3.43. The van der Waals surface area contributed by atoms with E-state index in [4.69, 9.17) is 13.8 Å². The number of phosphoric ester groups is 1. The van der Waals surface area contributed by atoms with E-state index >= 15 is 0 Å². The van der Waals surface area contributed by atoms with E-state index in [1.807, 2.05) is 21.1 Å². The van der Waals surface area contributed by atoms with Crippen molar-refractivity contribution in [2.45, 2.75) is 103 Å². The second kappa shape index (κ2) is 22.0. The lowest BCUT2D eigenvalue weighted by atomic mass is 10.1. The quantitative estimate of drug-likeness (QED) is 0.0657. The van der Waals surface area contributed by atoms with E-state index in [1.165, 1.54) is 77.0 Å². The molecule has 0 rings (SSSR count). The molecule has 0 aromatic heterocycles. The molecule has 0 aromatic carbocycles. The van der Waals surface area contributed by atoms with Gasteiger partial charge in [-0.05, 0) is 32.1 Å². The Morgan fingerprint density at radius 2 is 1.29 bits per heavy atom. The Morgan fingerprint density at radius 1 is 0.765 bits per heavy atom. The lowest BCUT2D eigenvalue weighted by molar-refractivity contribution is -0.870. The first-order valence-electron chi connectivity index (χ1n) is 13.5. The number of aliphatic hydroxyl groups excluding tert-OH is 1. The number of rotatable bonds is 25. The molecule has 0 aromatic rings. The maximum atomic E-state index is 11.8. The van der Waals surface area contributed by atoms with Gasteiger partial charge in [0, 0.05) is 6.61 Å². The first-order valence-corrected chi connectivity index (χ1v) is 15.0. The molecule has 0 spiro atoms. The summed E-state index contributed by atoms with van der Waals surface area (Å²) in [5.74, 6) is 0. The third kappa shape index (κ3) is 26.3. The van der Waals surface area contributed by atoms with E-state index in [0.29, 0.717) is 17.6 Å². The maximum Gasteiger partial charge on any atom is 0.472 e. The molecule has 2 atom stereocenters. The molecule has 0 radical (unpaired) electrons. The number of phosphoric acid groups is 1. The highest BCUT2D eigenvalue weighted by atomic mass is 31.2. The average molecular weight is 509 g/mol. The molecule has 34 heavy (non-hydrogen) atoms. The van der Waals surface area contributed by atoms with Gasteiger partial charge in [-0.3, -0.25) is 9.05 Å². The summed E-state index contributed by atoms with van der Waals surface area (Å²) in [6.45, 7) is 3.33. The largest absolute Gasteiger partial charge is 0.472 e. The first-order chi connectivity index (χ1) is 16.2. The Morgan fingerprint density at radius 3 is 1.85 bits per heavy atom. The number of quaternary nitrogens is 1. The Bertz CT molecular complexity index is 524. The summed E-state index contributed by atoms with van der Waals surface area (Å²) in [5.41, 5.74) is 0. The molecule has 204 valence electrons. The lowest BCUT2D eigenvalue weighted by Crippen LogP contribution is -2.37.